The maximum atomic E-state index is 9.32. The number of aromatic nitrogens is 4. The lowest BCUT2D eigenvalue weighted by Gasteiger charge is -2.03. The summed E-state index contributed by atoms with van der Waals surface area (Å²) in [7, 11) is 0. The molecule has 8 heteroatoms. The molecule has 0 saturated heterocycles. The fraction of sp³-hybridized carbons (Fsp3) is 0. The minimum atomic E-state index is -0.156. The normalized spacial score (nSPS) is 10.8. The van der Waals surface area contributed by atoms with Gasteiger partial charge in [0.25, 0.3) is 0 Å². The first-order chi connectivity index (χ1) is 12.7. The van der Waals surface area contributed by atoms with E-state index in [0.717, 1.165) is 0 Å². The number of benzene rings is 1. The second-order valence-electron chi connectivity index (χ2n) is 5.23. The second kappa shape index (κ2) is 5.46. The van der Waals surface area contributed by atoms with Crippen LogP contribution in [0.2, 0.25) is 0 Å². The van der Waals surface area contributed by atoms with Crippen LogP contribution in [0, 0.1) is 45.3 Å². The quantitative estimate of drug-likeness (QED) is 0.444. The highest BCUT2D eigenvalue weighted by Crippen LogP contribution is 2.43. The molecule has 0 atom stereocenters. The van der Waals surface area contributed by atoms with Crippen LogP contribution in [0.15, 0.2) is 29.8 Å². The molecule has 0 unspecified atom stereocenters. The van der Waals surface area contributed by atoms with Gasteiger partial charge in [0.1, 0.15) is 35.5 Å². The minimum Gasteiger partial charge on any atom is -0.223 e. The predicted molar refractivity (Wildman–Crippen MR) is 87.2 cm³/mol. The Morgan fingerprint density at radius 3 is 1.77 bits per heavy atom. The van der Waals surface area contributed by atoms with Crippen molar-refractivity contribution in [3.63, 3.8) is 0 Å². The maximum Gasteiger partial charge on any atom is 0.199 e. The molecule has 2 heterocycles. The van der Waals surface area contributed by atoms with E-state index >= 15 is 0 Å². The molecule has 0 bridgehead atoms. The van der Waals surface area contributed by atoms with E-state index in [-0.39, 0.29) is 28.3 Å². The Morgan fingerprint density at radius 2 is 1.23 bits per heavy atom. The first-order valence-corrected chi connectivity index (χ1v) is 7.26. The molecule has 0 fully saturated rings. The zero-order valence-corrected chi connectivity index (χ0v) is 12.9. The van der Waals surface area contributed by atoms with Crippen LogP contribution in [0.5, 0.6) is 0 Å². The van der Waals surface area contributed by atoms with Gasteiger partial charge in [-0.2, -0.15) is 21.0 Å². The zero-order chi connectivity index (χ0) is 18.3. The van der Waals surface area contributed by atoms with Gasteiger partial charge in [0.15, 0.2) is 22.7 Å². The molecule has 1 aliphatic carbocycles. The number of rotatable bonds is 0. The molecule has 0 N–H and O–H groups in total. The van der Waals surface area contributed by atoms with Crippen LogP contribution in [0.4, 0.5) is 0 Å². The highest BCUT2D eigenvalue weighted by molar-refractivity contribution is 6.02. The summed E-state index contributed by atoms with van der Waals surface area (Å²) in [6, 6.07) is 14.5. The smallest absolute Gasteiger partial charge is 0.199 e. The molecule has 4 rings (SSSR count). The summed E-state index contributed by atoms with van der Waals surface area (Å²) in [6.45, 7) is 0. The minimum absolute atomic E-state index is 0.0693. The van der Waals surface area contributed by atoms with Crippen molar-refractivity contribution in [2.75, 3.05) is 0 Å². The van der Waals surface area contributed by atoms with E-state index in [9.17, 15) is 10.5 Å². The maximum absolute atomic E-state index is 9.32. The molecule has 116 valence electrons. The van der Waals surface area contributed by atoms with Crippen LogP contribution in [0.3, 0.4) is 0 Å². The van der Waals surface area contributed by atoms with E-state index in [1.165, 1.54) is 0 Å². The van der Waals surface area contributed by atoms with Crippen molar-refractivity contribution in [3.05, 3.63) is 52.5 Å². The van der Waals surface area contributed by atoms with Crippen LogP contribution in [0.25, 0.3) is 28.1 Å². The van der Waals surface area contributed by atoms with Crippen molar-refractivity contribution in [3.8, 4) is 35.5 Å². The van der Waals surface area contributed by atoms with Gasteiger partial charge in [-0.15, -0.1) is 0 Å². The highest BCUT2D eigenvalue weighted by Gasteiger charge is 2.30. The van der Waals surface area contributed by atoms with Crippen LogP contribution >= 0.6 is 0 Å². The van der Waals surface area contributed by atoms with Gasteiger partial charge in [0.05, 0.1) is 5.69 Å². The standard InChI is InChI=1S/C18H4N8/c19-5-9(6-20)14-10-3-1-2-4-11(10)15-16(14)26-18-17(25-15)23-12(7-21)13(8-22)24-18/h1-4H. The molecular formula is C18H4N8. The molecule has 1 aromatic carbocycles. The SMILES string of the molecule is N#CC(C#N)=C1c2ccccc2-c2nc3nc(C#N)c(C#N)nc3nc21. The van der Waals surface area contributed by atoms with Gasteiger partial charge in [-0.1, -0.05) is 24.3 Å². The Kier molecular flexibility index (Phi) is 3.13. The third kappa shape index (κ3) is 1.91. The molecule has 3 aromatic rings. The third-order valence-corrected chi connectivity index (χ3v) is 3.89. The summed E-state index contributed by atoms with van der Waals surface area (Å²) in [5.74, 6) is 0. The summed E-state index contributed by atoms with van der Waals surface area (Å²) >= 11 is 0. The second-order valence-corrected chi connectivity index (χ2v) is 5.23. The van der Waals surface area contributed by atoms with Gasteiger partial charge in [-0.25, -0.2) is 19.9 Å². The molecule has 0 amide bonds. The predicted octanol–water partition coefficient (Wildman–Crippen LogP) is 1.99. The van der Waals surface area contributed by atoms with Crippen LogP contribution in [-0.4, -0.2) is 19.9 Å². The average molecular weight is 332 g/mol. The van der Waals surface area contributed by atoms with E-state index in [2.05, 4.69) is 19.9 Å². The molecule has 2 aromatic heterocycles. The number of nitrogens with zero attached hydrogens (tertiary/aromatic N) is 8. The number of hydrogen-bond donors (Lipinski definition) is 0. The van der Waals surface area contributed by atoms with E-state index in [4.69, 9.17) is 10.5 Å². The van der Waals surface area contributed by atoms with Crippen molar-refractivity contribution < 1.29 is 0 Å². The summed E-state index contributed by atoms with van der Waals surface area (Å²) in [5, 5.41) is 36.9. The van der Waals surface area contributed by atoms with Gasteiger partial charge in [-0.05, 0) is 5.56 Å². The molecule has 0 saturated carbocycles. The average Bonchev–Trinajstić information content (AvgIpc) is 3.00. The topological polar surface area (TPSA) is 147 Å². The van der Waals surface area contributed by atoms with Gasteiger partial charge in [0.2, 0.25) is 0 Å². The lowest BCUT2D eigenvalue weighted by atomic mass is 10.0. The Balaban J connectivity index is 2.16. The fourth-order valence-electron chi connectivity index (χ4n) is 2.83. The number of fused-ring (bicyclic) bond motifs is 4. The van der Waals surface area contributed by atoms with Gasteiger partial charge in [-0.3, -0.25) is 0 Å². The van der Waals surface area contributed by atoms with Crippen LogP contribution in [0.1, 0.15) is 22.6 Å². The molecule has 0 spiro atoms. The van der Waals surface area contributed by atoms with Crippen molar-refractivity contribution >= 4 is 16.9 Å². The summed E-state index contributed by atoms with van der Waals surface area (Å²) in [6.07, 6.45) is 0. The highest BCUT2D eigenvalue weighted by atomic mass is 15.0. The van der Waals surface area contributed by atoms with Crippen molar-refractivity contribution in [2.45, 2.75) is 0 Å². The molecule has 8 nitrogen and oxygen atoms in total. The van der Waals surface area contributed by atoms with Crippen molar-refractivity contribution in [1.29, 1.82) is 21.0 Å². The molecule has 0 radical (unpaired) electrons. The zero-order valence-electron chi connectivity index (χ0n) is 12.9. The van der Waals surface area contributed by atoms with Crippen LogP contribution < -0.4 is 0 Å². The lowest BCUT2D eigenvalue weighted by Crippen LogP contribution is -2.02. The Bertz CT molecular complexity index is 1310. The molecule has 26 heavy (non-hydrogen) atoms. The first-order valence-electron chi connectivity index (χ1n) is 7.26. The van der Waals surface area contributed by atoms with Gasteiger partial charge >= 0.3 is 0 Å². The Hall–Kier alpha value is -4.66. The number of nitriles is 4. The first kappa shape index (κ1) is 14.9. The van der Waals surface area contributed by atoms with Gasteiger partial charge < -0.3 is 0 Å². The van der Waals surface area contributed by atoms with Crippen molar-refractivity contribution in [1.82, 2.24) is 19.9 Å². The van der Waals surface area contributed by atoms with E-state index in [0.29, 0.717) is 28.1 Å². The van der Waals surface area contributed by atoms with E-state index < -0.39 is 0 Å². The Labute approximate surface area is 146 Å². The number of hydrogen-bond acceptors (Lipinski definition) is 8. The van der Waals surface area contributed by atoms with Crippen molar-refractivity contribution in [2.24, 2.45) is 0 Å². The Morgan fingerprint density at radius 1 is 0.692 bits per heavy atom. The summed E-state index contributed by atoms with van der Waals surface area (Å²) < 4.78 is 0. The fourth-order valence-corrected chi connectivity index (χ4v) is 2.83. The molecule has 1 aliphatic rings. The largest absolute Gasteiger partial charge is 0.223 e. The summed E-state index contributed by atoms with van der Waals surface area (Å²) in [5.41, 5.74) is 2.34. The summed E-state index contributed by atoms with van der Waals surface area (Å²) in [4.78, 5) is 16.9. The molecular weight excluding hydrogens is 328 g/mol. The van der Waals surface area contributed by atoms with E-state index in [1.54, 1.807) is 30.3 Å². The van der Waals surface area contributed by atoms with Gasteiger partial charge in [0, 0.05) is 11.1 Å². The van der Waals surface area contributed by atoms with E-state index in [1.807, 2.05) is 18.2 Å². The number of allylic oxidation sites excluding steroid dienone is 1. The third-order valence-electron chi connectivity index (χ3n) is 3.89. The lowest BCUT2D eigenvalue weighted by molar-refractivity contribution is 1.11. The monoisotopic (exact) mass is 332 g/mol. The van der Waals surface area contributed by atoms with Crippen LogP contribution in [-0.2, 0) is 0 Å². The molecule has 0 aliphatic heterocycles.